The molecular weight excluding hydrogens is 248 g/mol. The molecule has 0 spiro atoms. The molecule has 3 nitrogen and oxygen atoms in total. The molecule has 106 valence electrons. The smallest absolute Gasteiger partial charge is 0.126 e. The maximum absolute atomic E-state index is 5.67. The molecule has 2 heterocycles. The summed E-state index contributed by atoms with van der Waals surface area (Å²) in [5, 5.41) is 3.51. The molecule has 1 saturated heterocycles. The van der Waals surface area contributed by atoms with E-state index < -0.39 is 0 Å². The summed E-state index contributed by atoms with van der Waals surface area (Å²) in [6.45, 7) is 6.46. The average Bonchev–Trinajstić information content (AvgIpc) is 3.10. The number of hydrogen-bond acceptors (Lipinski definition) is 3. The molecular formula is C17H22N2O. The van der Waals surface area contributed by atoms with E-state index in [1.54, 1.807) is 0 Å². The lowest BCUT2D eigenvalue weighted by molar-refractivity contribution is 0.467. The maximum atomic E-state index is 5.67. The van der Waals surface area contributed by atoms with Crippen molar-refractivity contribution in [3.8, 4) is 0 Å². The third-order valence-corrected chi connectivity index (χ3v) is 3.89. The molecule has 0 amide bonds. The molecule has 1 aliphatic heterocycles. The molecule has 3 heteroatoms. The number of aryl methyl sites for hydroxylation is 1. The Hall–Kier alpha value is -1.90. The van der Waals surface area contributed by atoms with Crippen LogP contribution in [0.1, 0.15) is 37.3 Å². The first-order valence-electron chi connectivity index (χ1n) is 7.40. The molecule has 1 aliphatic rings. The zero-order valence-electron chi connectivity index (χ0n) is 12.2. The van der Waals surface area contributed by atoms with Gasteiger partial charge in [0.2, 0.25) is 0 Å². The van der Waals surface area contributed by atoms with Gasteiger partial charge in [-0.15, -0.1) is 0 Å². The molecule has 0 radical (unpaired) electrons. The Kier molecular flexibility index (Phi) is 3.68. The van der Waals surface area contributed by atoms with Crippen LogP contribution in [0.5, 0.6) is 0 Å². The zero-order valence-corrected chi connectivity index (χ0v) is 12.2. The van der Waals surface area contributed by atoms with Crippen LogP contribution in [0.4, 0.5) is 11.4 Å². The fraction of sp³-hybridized carbons (Fsp3) is 0.412. The van der Waals surface area contributed by atoms with Crippen LogP contribution in [-0.2, 0) is 0 Å². The highest BCUT2D eigenvalue weighted by molar-refractivity contribution is 5.59. The highest BCUT2D eigenvalue weighted by Gasteiger charge is 2.13. The predicted octanol–water partition coefficient (Wildman–Crippen LogP) is 4.36. The van der Waals surface area contributed by atoms with Gasteiger partial charge in [0.05, 0.1) is 6.04 Å². The van der Waals surface area contributed by atoms with Crippen molar-refractivity contribution in [2.45, 2.75) is 32.7 Å². The molecule has 1 unspecified atom stereocenters. The van der Waals surface area contributed by atoms with Gasteiger partial charge < -0.3 is 14.6 Å². The van der Waals surface area contributed by atoms with Gasteiger partial charge in [0, 0.05) is 24.5 Å². The van der Waals surface area contributed by atoms with E-state index in [1.807, 2.05) is 19.1 Å². The van der Waals surface area contributed by atoms with Gasteiger partial charge in [-0.05, 0) is 57.0 Å². The summed E-state index contributed by atoms with van der Waals surface area (Å²) < 4.78 is 5.67. The first kappa shape index (κ1) is 13.1. The van der Waals surface area contributed by atoms with Crippen molar-refractivity contribution >= 4 is 11.4 Å². The summed E-state index contributed by atoms with van der Waals surface area (Å²) in [5.41, 5.74) is 2.46. The Morgan fingerprint density at radius 1 is 1.15 bits per heavy atom. The van der Waals surface area contributed by atoms with Gasteiger partial charge in [-0.2, -0.15) is 0 Å². The standard InChI is InChI=1S/C17H22N2O/c1-13-8-9-17(20-13)14(2)18-15-6-5-7-16(12-15)19-10-3-4-11-19/h5-9,12,14,18H,3-4,10-11H2,1-2H3. The van der Waals surface area contributed by atoms with Crippen LogP contribution in [0, 0.1) is 6.92 Å². The summed E-state index contributed by atoms with van der Waals surface area (Å²) in [7, 11) is 0. The van der Waals surface area contributed by atoms with Crippen molar-refractivity contribution in [2.75, 3.05) is 23.3 Å². The zero-order chi connectivity index (χ0) is 13.9. The van der Waals surface area contributed by atoms with E-state index >= 15 is 0 Å². The van der Waals surface area contributed by atoms with Crippen LogP contribution in [0.25, 0.3) is 0 Å². The van der Waals surface area contributed by atoms with Crippen LogP contribution < -0.4 is 10.2 Å². The van der Waals surface area contributed by atoms with Gasteiger partial charge in [-0.3, -0.25) is 0 Å². The third kappa shape index (κ3) is 2.82. The monoisotopic (exact) mass is 270 g/mol. The quantitative estimate of drug-likeness (QED) is 0.894. The molecule has 1 aromatic carbocycles. The number of nitrogens with zero attached hydrogens (tertiary/aromatic N) is 1. The number of benzene rings is 1. The SMILES string of the molecule is Cc1ccc(C(C)Nc2cccc(N3CCCC3)c2)o1. The topological polar surface area (TPSA) is 28.4 Å². The Morgan fingerprint density at radius 2 is 1.95 bits per heavy atom. The van der Waals surface area contributed by atoms with E-state index in [-0.39, 0.29) is 6.04 Å². The lowest BCUT2D eigenvalue weighted by Crippen LogP contribution is -2.17. The number of nitrogens with one attached hydrogen (secondary N) is 1. The molecule has 3 rings (SSSR count). The Balaban J connectivity index is 1.72. The van der Waals surface area contributed by atoms with Gasteiger partial charge in [-0.1, -0.05) is 6.07 Å². The summed E-state index contributed by atoms with van der Waals surface area (Å²) in [5.74, 6) is 1.94. The number of rotatable bonds is 4. The van der Waals surface area contributed by atoms with Crippen LogP contribution in [0.2, 0.25) is 0 Å². The van der Waals surface area contributed by atoms with E-state index in [2.05, 4.69) is 41.4 Å². The van der Waals surface area contributed by atoms with Crippen LogP contribution in [0.3, 0.4) is 0 Å². The van der Waals surface area contributed by atoms with Crippen LogP contribution in [0.15, 0.2) is 40.8 Å². The largest absolute Gasteiger partial charge is 0.464 e. The second-order valence-electron chi connectivity index (χ2n) is 5.56. The summed E-state index contributed by atoms with van der Waals surface area (Å²) in [4.78, 5) is 2.45. The van der Waals surface area contributed by atoms with Crippen molar-refractivity contribution in [1.29, 1.82) is 0 Å². The van der Waals surface area contributed by atoms with E-state index in [9.17, 15) is 0 Å². The highest BCUT2D eigenvalue weighted by Crippen LogP contribution is 2.26. The van der Waals surface area contributed by atoms with Gasteiger partial charge in [-0.25, -0.2) is 0 Å². The second-order valence-corrected chi connectivity index (χ2v) is 5.56. The fourth-order valence-corrected chi connectivity index (χ4v) is 2.77. The first-order chi connectivity index (χ1) is 9.72. The van der Waals surface area contributed by atoms with Crippen molar-refractivity contribution in [1.82, 2.24) is 0 Å². The minimum atomic E-state index is 0.178. The molecule has 0 aliphatic carbocycles. The molecule has 1 fully saturated rings. The van der Waals surface area contributed by atoms with Crippen molar-refractivity contribution in [3.63, 3.8) is 0 Å². The third-order valence-electron chi connectivity index (χ3n) is 3.89. The van der Waals surface area contributed by atoms with E-state index in [0.29, 0.717) is 0 Å². The van der Waals surface area contributed by atoms with Gasteiger partial charge in [0.15, 0.2) is 0 Å². The van der Waals surface area contributed by atoms with E-state index in [4.69, 9.17) is 4.42 Å². The Bertz CT molecular complexity index is 570. The highest BCUT2D eigenvalue weighted by atomic mass is 16.3. The number of hydrogen-bond donors (Lipinski definition) is 1. The second kappa shape index (κ2) is 5.61. The van der Waals surface area contributed by atoms with Gasteiger partial charge in [0.1, 0.15) is 11.5 Å². The number of anilines is 2. The van der Waals surface area contributed by atoms with E-state index in [0.717, 1.165) is 17.2 Å². The Morgan fingerprint density at radius 3 is 2.65 bits per heavy atom. The van der Waals surface area contributed by atoms with Crippen molar-refractivity contribution < 1.29 is 4.42 Å². The first-order valence-corrected chi connectivity index (χ1v) is 7.40. The average molecular weight is 270 g/mol. The molecule has 2 aromatic rings. The molecule has 1 N–H and O–H groups in total. The van der Waals surface area contributed by atoms with Crippen LogP contribution >= 0.6 is 0 Å². The van der Waals surface area contributed by atoms with Crippen molar-refractivity contribution in [2.24, 2.45) is 0 Å². The molecule has 0 bridgehead atoms. The predicted molar refractivity (Wildman–Crippen MR) is 83.4 cm³/mol. The van der Waals surface area contributed by atoms with E-state index in [1.165, 1.54) is 31.6 Å². The summed E-state index contributed by atoms with van der Waals surface area (Å²) in [6.07, 6.45) is 2.61. The molecule has 20 heavy (non-hydrogen) atoms. The van der Waals surface area contributed by atoms with Crippen molar-refractivity contribution in [3.05, 3.63) is 47.9 Å². The molecule has 1 aromatic heterocycles. The summed E-state index contributed by atoms with van der Waals surface area (Å²) in [6, 6.07) is 12.9. The lowest BCUT2D eigenvalue weighted by Gasteiger charge is -2.20. The fourth-order valence-electron chi connectivity index (χ4n) is 2.77. The van der Waals surface area contributed by atoms with Gasteiger partial charge >= 0.3 is 0 Å². The minimum Gasteiger partial charge on any atom is -0.464 e. The van der Waals surface area contributed by atoms with Gasteiger partial charge in [0.25, 0.3) is 0 Å². The number of furan rings is 1. The normalized spacial score (nSPS) is 16.4. The summed E-state index contributed by atoms with van der Waals surface area (Å²) >= 11 is 0. The minimum absolute atomic E-state index is 0.178. The Labute approximate surface area is 120 Å². The molecule has 1 atom stereocenters. The van der Waals surface area contributed by atoms with Crippen LogP contribution in [-0.4, -0.2) is 13.1 Å². The molecule has 0 saturated carbocycles. The lowest BCUT2D eigenvalue weighted by atomic mass is 10.2. The maximum Gasteiger partial charge on any atom is 0.126 e.